The third-order valence-electron chi connectivity index (χ3n) is 6.64. The minimum Gasteiger partial charge on any atom is -0.494 e. The molecule has 0 unspecified atom stereocenters. The van der Waals surface area contributed by atoms with Crippen LogP contribution in [0.1, 0.15) is 55.4 Å². The Morgan fingerprint density at radius 3 is 2.17 bits per heavy atom. The van der Waals surface area contributed by atoms with Gasteiger partial charge in [-0.15, -0.1) is 0 Å². The monoisotopic (exact) mass is 482 g/mol. The van der Waals surface area contributed by atoms with Gasteiger partial charge in [-0.25, -0.2) is 0 Å². The van der Waals surface area contributed by atoms with E-state index >= 15 is 0 Å². The number of carbonyl (C=O) groups is 2. The molecule has 186 valence electrons. The van der Waals surface area contributed by atoms with Gasteiger partial charge in [-0.3, -0.25) is 9.59 Å². The van der Waals surface area contributed by atoms with E-state index in [0.717, 1.165) is 46.4 Å². The lowest BCUT2D eigenvalue weighted by Gasteiger charge is -2.37. The van der Waals surface area contributed by atoms with Gasteiger partial charge in [0.15, 0.2) is 0 Å². The van der Waals surface area contributed by atoms with Crippen LogP contribution in [0.2, 0.25) is 0 Å². The molecule has 1 aliphatic rings. The zero-order chi connectivity index (χ0) is 25.7. The topological polar surface area (TPSA) is 67.4 Å². The molecule has 3 aromatic rings. The highest BCUT2D eigenvalue weighted by atomic mass is 16.5. The van der Waals surface area contributed by atoms with E-state index < -0.39 is 11.4 Å². The lowest BCUT2D eigenvalue weighted by Crippen LogP contribution is -2.49. The standard InChI is InChI=1S/C31H34N2O3/c1-5-6-19-36-26-17-13-24(14-18-26)31(4)20-27(23-11-7-21(2)8-12-23)28(30(35)33-31)29(34)32-25-15-9-22(3)10-16-25/h7-18H,5-6,19-20H2,1-4H3,(H,32,34)(H,33,35)/t31-/m0/s1. The Balaban J connectivity index is 1.68. The molecule has 2 amide bonds. The van der Waals surface area contributed by atoms with Crippen LogP contribution >= 0.6 is 0 Å². The average Bonchev–Trinajstić information content (AvgIpc) is 2.86. The summed E-state index contributed by atoms with van der Waals surface area (Å²) in [6.07, 6.45) is 2.57. The number of unbranched alkanes of at least 4 members (excludes halogenated alkanes) is 1. The van der Waals surface area contributed by atoms with Gasteiger partial charge in [0.25, 0.3) is 11.8 Å². The van der Waals surface area contributed by atoms with E-state index in [1.165, 1.54) is 0 Å². The van der Waals surface area contributed by atoms with Crippen LogP contribution in [0.25, 0.3) is 5.57 Å². The lowest BCUT2D eigenvalue weighted by molar-refractivity contribution is -0.123. The molecule has 0 spiro atoms. The Morgan fingerprint density at radius 2 is 1.56 bits per heavy atom. The molecule has 5 heteroatoms. The third-order valence-corrected chi connectivity index (χ3v) is 6.64. The molecule has 3 aromatic carbocycles. The van der Waals surface area contributed by atoms with Crippen LogP contribution in [0.4, 0.5) is 5.69 Å². The molecule has 0 aliphatic carbocycles. The number of anilines is 1. The number of ether oxygens (including phenoxy) is 1. The van der Waals surface area contributed by atoms with Crippen molar-refractivity contribution in [1.29, 1.82) is 0 Å². The van der Waals surface area contributed by atoms with Crippen molar-refractivity contribution in [3.63, 3.8) is 0 Å². The molecule has 1 atom stereocenters. The van der Waals surface area contributed by atoms with Crippen LogP contribution in [0.5, 0.6) is 5.75 Å². The molecule has 4 rings (SSSR count). The first-order chi connectivity index (χ1) is 17.3. The van der Waals surface area contributed by atoms with Crippen LogP contribution in [-0.4, -0.2) is 18.4 Å². The number of hydrogen-bond donors (Lipinski definition) is 2. The van der Waals surface area contributed by atoms with Gasteiger partial charge in [-0.05, 0) is 68.2 Å². The third kappa shape index (κ3) is 5.68. The van der Waals surface area contributed by atoms with Crippen molar-refractivity contribution in [2.75, 3.05) is 11.9 Å². The molecular weight excluding hydrogens is 448 g/mol. The summed E-state index contributed by atoms with van der Waals surface area (Å²) in [7, 11) is 0. The van der Waals surface area contributed by atoms with E-state index in [1.54, 1.807) is 0 Å². The molecule has 1 heterocycles. The summed E-state index contributed by atoms with van der Waals surface area (Å²) in [6.45, 7) is 8.83. The van der Waals surface area contributed by atoms with Gasteiger partial charge in [0.2, 0.25) is 0 Å². The van der Waals surface area contributed by atoms with Crippen LogP contribution in [-0.2, 0) is 15.1 Å². The van der Waals surface area contributed by atoms with Gasteiger partial charge < -0.3 is 15.4 Å². The van der Waals surface area contributed by atoms with E-state index in [4.69, 9.17) is 4.74 Å². The molecule has 0 radical (unpaired) electrons. The van der Waals surface area contributed by atoms with E-state index in [2.05, 4.69) is 17.6 Å². The highest BCUT2D eigenvalue weighted by molar-refractivity contribution is 6.28. The number of rotatable bonds is 8. The van der Waals surface area contributed by atoms with Gasteiger partial charge in [0.1, 0.15) is 11.3 Å². The number of aryl methyl sites for hydroxylation is 2. The maximum absolute atomic E-state index is 13.5. The fourth-order valence-electron chi connectivity index (χ4n) is 4.44. The maximum Gasteiger partial charge on any atom is 0.261 e. The summed E-state index contributed by atoms with van der Waals surface area (Å²) < 4.78 is 5.81. The zero-order valence-corrected chi connectivity index (χ0v) is 21.5. The normalized spacial score (nSPS) is 17.5. The van der Waals surface area contributed by atoms with Crippen molar-refractivity contribution in [3.05, 3.63) is 101 Å². The van der Waals surface area contributed by atoms with Crippen LogP contribution in [0.15, 0.2) is 78.4 Å². The molecule has 0 saturated carbocycles. The van der Waals surface area contributed by atoms with Crippen molar-refractivity contribution in [1.82, 2.24) is 5.32 Å². The van der Waals surface area contributed by atoms with E-state index in [9.17, 15) is 9.59 Å². The fourth-order valence-corrected chi connectivity index (χ4v) is 4.44. The van der Waals surface area contributed by atoms with E-state index in [-0.39, 0.29) is 11.5 Å². The molecule has 36 heavy (non-hydrogen) atoms. The minimum absolute atomic E-state index is 0.149. The first-order valence-corrected chi connectivity index (χ1v) is 12.5. The molecule has 2 N–H and O–H groups in total. The minimum atomic E-state index is -0.674. The Kier molecular flexibility index (Phi) is 7.58. The highest BCUT2D eigenvalue weighted by Crippen LogP contribution is 2.39. The molecule has 0 fully saturated rings. The van der Waals surface area contributed by atoms with E-state index in [0.29, 0.717) is 18.7 Å². The molecule has 0 saturated heterocycles. The van der Waals surface area contributed by atoms with Crippen molar-refractivity contribution in [3.8, 4) is 5.75 Å². The van der Waals surface area contributed by atoms with Crippen LogP contribution < -0.4 is 15.4 Å². The molecular formula is C31H34N2O3. The molecule has 0 bridgehead atoms. The van der Waals surface area contributed by atoms with Crippen molar-refractivity contribution >= 4 is 23.1 Å². The number of carbonyl (C=O) groups excluding carboxylic acids is 2. The van der Waals surface area contributed by atoms with Crippen molar-refractivity contribution in [2.24, 2.45) is 0 Å². The molecule has 1 aliphatic heterocycles. The van der Waals surface area contributed by atoms with E-state index in [1.807, 2.05) is 93.6 Å². The summed E-state index contributed by atoms with van der Waals surface area (Å²) in [4.78, 5) is 26.9. The Labute approximate surface area is 213 Å². The average molecular weight is 483 g/mol. The number of hydrogen-bond acceptors (Lipinski definition) is 3. The smallest absolute Gasteiger partial charge is 0.261 e. The zero-order valence-electron chi connectivity index (χ0n) is 21.5. The van der Waals surface area contributed by atoms with Gasteiger partial charge in [-0.1, -0.05) is 73.0 Å². The number of benzene rings is 3. The maximum atomic E-state index is 13.5. The summed E-state index contributed by atoms with van der Waals surface area (Å²) in [6, 6.07) is 23.4. The summed E-state index contributed by atoms with van der Waals surface area (Å²) in [5, 5.41) is 6.02. The Bertz CT molecular complexity index is 1260. The number of amides is 2. The van der Waals surface area contributed by atoms with Crippen LogP contribution in [0, 0.1) is 13.8 Å². The second-order valence-corrected chi connectivity index (χ2v) is 9.73. The number of nitrogens with one attached hydrogen (secondary N) is 2. The second-order valence-electron chi connectivity index (χ2n) is 9.73. The summed E-state index contributed by atoms with van der Waals surface area (Å²) >= 11 is 0. The Hall–Kier alpha value is -3.86. The first-order valence-electron chi connectivity index (χ1n) is 12.5. The van der Waals surface area contributed by atoms with Gasteiger partial charge >= 0.3 is 0 Å². The predicted octanol–water partition coefficient (Wildman–Crippen LogP) is 6.31. The molecule has 0 aromatic heterocycles. The Morgan fingerprint density at radius 1 is 0.944 bits per heavy atom. The van der Waals surface area contributed by atoms with Gasteiger partial charge in [0, 0.05) is 12.1 Å². The largest absolute Gasteiger partial charge is 0.494 e. The quantitative estimate of drug-likeness (QED) is 0.292. The summed E-state index contributed by atoms with van der Waals surface area (Å²) in [5.41, 5.74) is 4.91. The van der Waals surface area contributed by atoms with Gasteiger partial charge in [0.05, 0.1) is 12.1 Å². The SMILES string of the molecule is CCCCOc1ccc([C@]2(C)CC(c3ccc(C)cc3)=C(C(=O)Nc3ccc(C)cc3)C(=O)N2)cc1. The van der Waals surface area contributed by atoms with Gasteiger partial charge in [-0.2, -0.15) is 0 Å². The predicted molar refractivity (Wildman–Crippen MR) is 145 cm³/mol. The first kappa shape index (κ1) is 25.2. The second kappa shape index (κ2) is 10.8. The van der Waals surface area contributed by atoms with Crippen molar-refractivity contribution < 1.29 is 14.3 Å². The lowest BCUT2D eigenvalue weighted by atomic mass is 9.78. The summed E-state index contributed by atoms with van der Waals surface area (Å²) in [5.74, 6) is 0.0197. The van der Waals surface area contributed by atoms with Crippen LogP contribution in [0.3, 0.4) is 0 Å². The van der Waals surface area contributed by atoms with Crippen molar-refractivity contribution in [2.45, 2.75) is 52.5 Å². The molecule has 5 nitrogen and oxygen atoms in total. The fraction of sp³-hybridized carbons (Fsp3) is 0.290. The highest BCUT2D eigenvalue weighted by Gasteiger charge is 2.39.